The molecule has 0 unspecified atom stereocenters. The number of ether oxygens (including phenoxy) is 2. The van der Waals surface area contributed by atoms with Gasteiger partial charge in [-0.25, -0.2) is 0 Å². The maximum atomic E-state index is 13.6. The second-order valence-corrected chi connectivity index (χ2v) is 12.1. The number of carbonyl (C=O) groups excluding carboxylic acids is 4. The average Bonchev–Trinajstić information content (AvgIpc) is 3.05. The summed E-state index contributed by atoms with van der Waals surface area (Å²) in [4.78, 5) is 50.0. The molecule has 0 bridgehead atoms. The van der Waals surface area contributed by atoms with E-state index in [9.17, 15) is 24.3 Å². The van der Waals surface area contributed by atoms with Crippen LogP contribution in [0.3, 0.4) is 0 Å². The van der Waals surface area contributed by atoms with Crippen LogP contribution in [0.1, 0.15) is 53.4 Å². The number of ketones is 2. The highest BCUT2D eigenvalue weighted by Crippen LogP contribution is 2.68. The molecule has 7 nitrogen and oxygen atoms in total. The number of aliphatic hydroxyl groups excluding tert-OH is 1. The van der Waals surface area contributed by atoms with E-state index in [-0.39, 0.29) is 41.6 Å². The summed E-state index contributed by atoms with van der Waals surface area (Å²) >= 11 is 1.32. The van der Waals surface area contributed by atoms with Crippen LogP contribution in [0.2, 0.25) is 0 Å². The molecule has 192 valence electrons. The van der Waals surface area contributed by atoms with Gasteiger partial charge in [-0.05, 0) is 61.8 Å². The number of allylic oxidation sites excluding steroid dienone is 4. The molecule has 0 aromatic carbocycles. The number of hydrogen-bond acceptors (Lipinski definition) is 8. The quantitative estimate of drug-likeness (QED) is 0.549. The highest BCUT2D eigenvalue weighted by atomic mass is 32.2. The minimum Gasteiger partial charge on any atom is -0.458 e. The second-order valence-electron chi connectivity index (χ2n) is 11.2. The van der Waals surface area contributed by atoms with Crippen molar-refractivity contribution in [2.45, 2.75) is 65.1 Å². The predicted octanol–water partition coefficient (Wildman–Crippen LogP) is 3.29. The van der Waals surface area contributed by atoms with E-state index in [0.29, 0.717) is 12.8 Å². The monoisotopic (exact) mass is 504 g/mol. The Hall–Kier alpha value is -1.93. The number of esters is 2. The van der Waals surface area contributed by atoms with E-state index in [0.717, 1.165) is 12.0 Å². The van der Waals surface area contributed by atoms with Crippen LogP contribution >= 0.6 is 11.8 Å². The third-order valence-corrected chi connectivity index (χ3v) is 9.87. The SMILES string of the molecule is CSCC(=O)O[C@]1(C(=O)COC(C)=O)CC[C@H]2[C@@H]3C[C@H](C)C4=CC(=O)C=C[C@]4(C)[C@H]3[C@@H](O)C[C@@]21C. The third kappa shape index (κ3) is 4.01. The largest absolute Gasteiger partial charge is 0.458 e. The zero-order valence-electron chi connectivity index (χ0n) is 21.2. The lowest BCUT2D eigenvalue weighted by atomic mass is 9.44. The number of fused-ring (bicyclic) bond motifs is 5. The van der Waals surface area contributed by atoms with Crippen molar-refractivity contribution in [1.82, 2.24) is 0 Å². The molecule has 3 saturated carbocycles. The Morgan fingerprint density at radius 1 is 1.26 bits per heavy atom. The standard InChI is InChI=1S/C27H36O7S/c1-15-10-18-19-7-9-27(34-23(32)14-35-5,22(31)13-33-16(2)28)26(19,4)12-21(30)24(18)25(3)8-6-17(29)11-20(15)25/h6,8,11,15,18-19,21,24,30H,7,9-10,12-14H2,1-5H3/t15-,18-,19-,21-,24+,25-,26-,27-/m0/s1. The van der Waals surface area contributed by atoms with E-state index in [1.807, 2.05) is 13.0 Å². The summed E-state index contributed by atoms with van der Waals surface area (Å²) in [6.07, 6.45) is 8.42. The van der Waals surface area contributed by atoms with Crippen LogP contribution in [0.15, 0.2) is 23.8 Å². The number of thioether (sulfide) groups is 1. The molecule has 35 heavy (non-hydrogen) atoms. The fourth-order valence-electron chi connectivity index (χ4n) is 8.05. The van der Waals surface area contributed by atoms with Gasteiger partial charge >= 0.3 is 11.9 Å². The molecule has 0 aromatic rings. The minimum atomic E-state index is -1.45. The molecule has 0 saturated heterocycles. The van der Waals surface area contributed by atoms with Crippen LogP contribution < -0.4 is 0 Å². The van der Waals surface area contributed by atoms with Crippen LogP contribution in [-0.4, -0.2) is 58.9 Å². The first-order chi connectivity index (χ1) is 16.4. The predicted molar refractivity (Wildman–Crippen MR) is 131 cm³/mol. The number of rotatable bonds is 6. The fourth-order valence-corrected chi connectivity index (χ4v) is 8.34. The zero-order chi connectivity index (χ0) is 25.8. The molecule has 0 aromatic heterocycles. The Morgan fingerprint density at radius 3 is 2.63 bits per heavy atom. The van der Waals surface area contributed by atoms with E-state index in [2.05, 4.69) is 13.8 Å². The van der Waals surface area contributed by atoms with E-state index in [4.69, 9.17) is 9.47 Å². The molecule has 1 N–H and O–H groups in total. The Balaban J connectivity index is 1.75. The fraction of sp³-hybridized carbons (Fsp3) is 0.704. The van der Waals surface area contributed by atoms with Gasteiger partial charge in [-0.15, -0.1) is 0 Å². The first kappa shape index (κ1) is 26.1. The van der Waals surface area contributed by atoms with Crippen LogP contribution in [0, 0.1) is 34.5 Å². The normalized spacial score (nSPS) is 41.8. The maximum absolute atomic E-state index is 13.6. The van der Waals surface area contributed by atoms with Crippen molar-refractivity contribution in [1.29, 1.82) is 0 Å². The summed E-state index contributed by atoms with van der Waals surface area (Å²) in [6.45, 7) is 6.97. The molecular formula is C27H36O7S. The van der Waals surface area contributed by atoms with E-state index in [1.165, 1.54) is 18.7 Å². The molecule has 4 aliphatic rings. The van der Waals surface area contributed by atoms with Crippen molar-refractivity contribution >= 4 is 35.3 Å². The van der Waals surface area contributed by atoms with Crippen molar-refractivity contribution in [3.8, 4) is 0 Å². The molecule has 8 heteroatoms. The molecule has 0 radical (unpaired) electrons. The van der Waals surface area contributed by atoms with E-state index in [1.54, 1.807) is 18.4 Å². The lowest BCUT2D eigenvalue weighted by Crippen LogP contribution is -2.63. The summed E-state index contributed by atoms with van der Waals surface area (Å²) < 4.78 is 11.1. The summed E-state index contributed by atoms with van der Waals surface area (Å²) in [5, 5.41) is 11.7. The molecule has 4 aliphatic carbocycles. The van der Waals surface area contributed by atoms with Gasteiger partial charge in [0, 0.05) is 23.7 Å². The van der Waals surface area contributed by atoms with Gasteiger partial charge in [-0.2, -0.15) is 11.8 Å². The molecule has 0 heterocycles. The smallest absolute Gasteiger partial charge is 0.316 e. The molecule has 0 amide bonds. The second kappa shape index (κ2) is 9.18. The third-order valence-electron chi connectivity index (χ3n) is 9.34. The highest BCUT2D eigenvalue weighted by molar-refractivity contribution is 7.99. The van der Waals surface area contributed by atoms with Crippen LogP contribution in [-0.2, 0) is 28.7 Å². The van der Waals surface area contributed by atoms with Crippen molar-refractivity contribution in [2.75, 3.05) is 18.6 Å². The molecule has 3 fully saturated rings. The first-order valence-corrected chi connectivity index (χ1v) is 13.8. The van der Waals surface area contributed by atoms with Gasteiger partial charge in [0.2, 0.25) is 5.78 Å². The topological polar surface area (TPSA) is 107 Å². The first-order valence-electron chi connectivity index (χ1n) is 12.4. The van der Waals surface area contributed by atoms with Crippen molar-refractivity contribution in [3.63, 3.8) is 0 Å². The zero-order valence-corrected chi connectivity index (χ0v) is 22.0. The highest BCUT2D eigenvalue weighted by Gasteiger charge is 2.70. The number of hydrogen-bond donors (Lipinski definition) is 1. The Morgan fingerprint density at radius 2 is 1.97 bits per heavy atom. The molecule has 0 aliphatic heterocycles. The lowest BCUT2D eigenvalue weighted by molar-refractivity contribution is -0.200. The van der Waals surface area contributed by atoms with Gasteiger partial charge in [-0.3, -0.25) is 19.2 Å². The summed E-state index contributed by atoms with van der Waals surface area (Å²) in [5.74, 6) is -1.21. The maximum Gasteiger partial charge on any atom is 0.316 e. The van der Waals surface area contributed by atoms with Crippen LogP contribution in [0.25, 0.3) is 0 Å². The van der Waals surface area contributed by atoms with Crippen molar-refractivity contribution < 1.29 is 33.8 Å². The Bertz CT molecular complexity index is 1000. The number of carbonyl (C=O) groups is 4. The van der Waals surface area contributed by atoms with Gasteiger partial charge in [-0.1, -0.05) is 32.4 Å². The molecular weight excluding hydrogens is 468 g/mol. The number of aliphatic hydroxyl groups is 1. The van der Waals surface area contributed by atoms with E-state index < -0.39 is 46.9 Å². The summed E-state index contributed by atoms with van der Waals surface area (Å²) in [5.41, 5.74) is -1.63. The van der Waals surface area contributed by atoms with Crippen molar-refractivity contribution in [2.24, 2.45) is 34.5 Å². The molecule has 0 spiro atoms. The minimum absolute atomic E-state index is 0.0189. The van der Waals surface area contributed by atoms with Crippen LogP contribution in [0.5, 0.6) is 0 Å². The summed E-state index contributed by atoms with van der Waals surface area (Å²) in [6, 6.07) is 0. The van der Waals surface area contributed by atoms with Crippen molar-refractivity contribution in [3.05, 3.63) is 23.8 Å². The van der Waals surface area contributed by atoms with Gasteiger partial charge < -0.3 is 14.6 Å². The Kier molecular flexibility index (Phi) is 6.86. The van der Waals surface area contributed by atoms with Gasteiger partial charge in [0.25, 0.3) is 0 Å². The van der Waals surface area contributed by atoms with Gasteiger partial charge in [0.05, 0.1) is 11.9 Å². The van der Waals surface area contributed by atoms with E-state index >= 15 is 0 Å². The summed E-state index contributed by atoms with van der Waals surface area (Å²) in [7, 11) is 0. The Labute approximate surface area is 211 Å². The van der Waals surface area contributed by atoms with Crippen LogP contribution in [0.4, 0.5) is 0 Å². The van der Waals surface area contributed by atoms with Gasteiger partial charge in [0.15, 0.2) is 18.0 Å². The number of Topliss-reactive ketones (excluding diaryl/α,β-unsaturated/α-hetero) is 1. The van der Waals surface area contributed by atoms with Gasteiger partial charge in [0.1, 0.15) is 0 Å². The molecule has 8 atom stereocenters. The average molecular weight is 505 g/mol. The lowest BCUT2D eigenvalue weighted by Gasteiger charge is -2.61. The molecule has 4 rings (SSSR count).